The van der Waals surface area contributed by atoms with E-state index in [0.717, 1.165) is 64.1 Å². The van der Waals surface area contributed by atoms with Gasteiger partial charge < -0.3 is 4.90 Å². The molecule has 2 amide bonds. The summed E-state index contributed by atoms with van der Waals surface area (Å²) in [6, 6.07) is 0.150. The minimum atomic E-state index is -0.264. The predicted molar refractivity (Wildman–Crippen MR) is 128 cm³/mol. The van der Waals surface area contributed by atoms with Crippen LogP contribution in [0, 0.1) is 11.3 Å². The topological polar surface area (TPSA) is 39.1 Å². The van der Waals surface area contributed by atoms with Crippen molar-refractivity contribution < 1.29 is 9.18 Å². The number of nitrogens with zero attached hydrogens (tertiary/aromatic N) is 4. The zero-order chi connectivity index (χ0) is 22.7. The van der Waals surface area contributed by atoms with E-state index in [4.69, 9.17) is 0 Å². The van der Waals surface area contributed by atoms with Gasteiger partial charge in [0.25, 0.3) is 0 Å². The monoisotopic (exact) mass is 440 g/mol. The highest BCUT2D eigenvalue weighted by molar-refractivity contribution is 5.79. The van der Waals surface area contributed by atoms with E-state index in [2.05, 4.69) is 42.0 Å². The first kappa shape index (κ1) is 23.0. The van der Waals surface area contributed by atoms with Crippen LogP contribution in [0.3, 0.4) is 0 Å². The number of halogens is 1. The predicted octanol–water partition coefficient (Wildman–Crippen LogP) is 5.30. The number of rotatable bonds is 5. The van der Waals surface area contributed by atoms with Crippen molar-refractivity contribution in [3.8, 4) is 0 Å². The van der Waals surface area contributed by atoms with Crippen molar-refractivity contribution in [1.29, 1.82) is 0 Å². The molecule has 0 bridgehead atoms. The highest BCUT2D eigenvalue weighted by Gasteiger charge is 2.50. The molecule has 174 valence electrons. The zero-order valence-corrected chi connectivity index (χ0v) is 19.8. The van der Waals surface area contributed by atoms with Gasteiger partial charge >= 0.3 is 6.03 Å². The second-order valence-electron chi connectivity index (χ2n) is 10.0. The zero-order valence-electron chi connectivity index (χ0n) is 19.8. The first-order valence-electron chi connectivity index (χ1n) is 12.2. The number of likely N-dealkylation sites (tertiary alicyclic amines) is 2. The Morgan fingerprint density at radius 3 is 2.84 bits per heavy atom. The molecule has 32 heavy (non-hydrogen) atoms. The van der Waals surface area contributed by atoms with Crippen LogP contribution in [0.1, 0.15) is 52.9 Å². The van der Waals surface area contributed by atoms with Crippen LogP contribution in [-0.2, 0) is 0 Å². The Morgan fingerprint density at radius 1 is 1.28 bits per heavy atom. The van der Waals surface area contributed by atoms with E-state index in [1.807, 2.05) is 16.7 Å². The molecule has 4 rings (SSSR count). The van der Waals surface area contributed by atoms with Crippen LogP contribution in [0.15, 0.2) is 52.0 Å². The van der Waals surface area contributed by atoms with Gasteiger partial charge in [0, 0.05) is 43.8 Å². The number of hydrogen-bond acceptors (Lipinski definition) is 3. The summed E-state index contributed by atoms with van der Waals surface area (Å²) in [7, 11) is 0. The van der Waals surface area contributed by atoms with Crippen LogP contribution >= 0.6 is 0 Å². The number of carbonyl (C=O) groups excluding carboxylic acids is 1. The second-order valence-corrected chi connectivity index (χ2v) is 10.0. The van der Waals surface area contributed by atoms with Crippen LogP contribution in [-0.4, -0.2) is 66.3 Å². The van der Waals surface area contributed by atoms with Crippen molar-refractivity contribution in [3.63, 3.8) is 0 Å². The molecule has 2 fully saturated rings. The SMILES string of the molecule is CC/C=C(/F)C=NCN1CCC2(C1)CN(C(=O)N1CCCC3=C1C=CCC(C(C)C)=C3)C2. The molecular formula is C26H37FN4O. The molecular weight excluding hydrogens is 403 g/mol. The molecule has 0 aromatic rings. The molecule has 1 spiro atoms. The molecule has 2 saturated heterocycles. The molecule has 6 heteroatoms. The summed E-state index contributed by atoms with van der Waals surface area (Å²) < 4.78 is 13.5. The summed E-state index contributed by atoms with van der Waals surface area (Å²) >= 11 is 0. The highest BCUT2D eigenvalue weighted by atomic mass is 19.1. The molecule has 0 unspecified atom stereocenters. The summed E-state index contributed by atoms with van der Waals surface area (Å²) in [5, 5.41) is 0. The van der Waals surface area contributed by atoms with E-state index in [1.165, 1.54) is 23.4 Å². The Labute approximate surface area is 192 Å². The molecule has 0 radical (unpaired) electrons. The number of hydrogen-bond donors (Lipinski definition) is 0. The Kier molecular flexibility index (Phi) is 6.99. The normalized spacial score (nSPS) is 23.8. The number of amides is 2. The molecule has 3 aliphatic heterocycles. The van der Waals surface area contributed by atoms with Crippen molar-refractivity contribution >= 4 is 12.2 Å². The first-order chi connectivity index (χ1) is 15.4. The largest absolute Gasteiger partial charge is 0.324 e. The van der Waals surface area contributed by atoms with Gasteiger partial charge in [0.1, 0.15) is 5.83 Å². The molecule has 0 aromatic carbocycles. The quantitative estimate of drug-likeness (QED) is 0.544. The van der Waals surface area contributed by atoms with Gasteiger partial charge in [-0.05, 0) is 55.7 Å². The smallest absolute Gasteiger partial charge is 0.323 e. The maximum Gasteiger partial charge on any atom is 0.324 e. The van der Waals surface area contributed by atoms with Gasteiger partial charge in [-0.15, -0.1) is 0 Å². The van der Waals surface area contributed by atoms with E-state index >= 15 is 0 Å². The maximum atomic E-state index is 13.5. The fraction of sp³-hybridized carbons (Fsp3) is 0.615. The molecule has 0 aromatic heterocycles. The van der Waals surface area contributed by atoms with Gasteiger partial charge in [-0.25, -0.2) is 9.18 Å². The second kappa shape index (κ2) is 9.74. The summed E-state index contributed by atoms with van der Waals surface area (Å²) in [6.45, 7) is 11.2. The van der Waals surface area contributed by atoms with Crippen molar-refractivity contribution in [2.45, 2.75) is 52.9 Å². The van der Waals surface area contributed by atoms with E-state index in [0.29, 0.717) is 19.0 Å². The van der Waals surface area contributed by atoms with Crippen molar-refractivity contribution in [2.75, 3.05) is 39.4 Å². The Bertz CT molecular complexity index is 876. The van der Waals surface area contributed by atoms with Crippen LogP contribution in [0.25, 0.3) is 0 Å². The van der Waals surface area contributed by atoms with Gasteiger partial charge in [0.15, 0.2) is 0 Å². The molecule has 3 heterocycles. The number of aliphatic imine (C=N–C) groups is 1. The maximum absolute atomic E-state index is 13.5. The minimum Gasteiger partial charge on any atom is -0.323 e. The van der Waals surface area contributed by atoms with Crippen molar-refractivity contribution in [2.24, 2.45) is 16.3 Å². The fourth-order valence-electron chi connectivity index (χ4n) is 5.35. The highest BCUT2D eigenvalue weighted by Crippen LogP contribution is 2.41. The average Bonchev–Trinajstić information content (AvgIpc) is 3.04. The van der Waals surface area contributed by atoms with Gasteiger partial charge in [-0.2, -0.15) is 0 Å². The fourth-order valence-corrected chi connectivity index (χ4v) is 5.35. The summed E-state index contributed by atoms with van der Waals surface area (Å²) in [4.78, 5) is 23.9. The van der Waals surface area contributed by atoms with E-state index < -0.39 is 0 Å². The van der Waals surface area contributed by atoms with E-state index in [-0.39, 0.29) is 17.3 Å². The van der Waals surface area contributed by atoms with Gasteiger partial charge in [0.2, 0.25) is 0 Å². The molecule has 5 nitrogen and oxygen atoms in total. The number of allylic oxidation sites excluding steroid dienone is 7. The molecule has 0 N–H and O–H groups in total. The van der Waals surface area contributed by atoms with Crippen LogP contribution < -0.4 is 0 Å². The third kappa shape index (κ3) is 4.90. The first-order valence-corrected chi connectivity index (χ1v) is 12.2. The van der Waals surface area contributed by atoms with Crippen LogP contribution in [0.5, 0.6) is 0 Å². The lowest BCUT2D eigenvalue weighted by atomic mass is 9.79. The summed E-state index contributed by atoms with van der Waals surface area (Å²) in [6.07, 6.45) is 14.4. The summed E-state index contributed by atoms with van der Waals surface area (Å²) in [5.41, 5.74) is 4.04. The van der Waals surface area contributed by atoms with Gasteiger partial charge in [-0.1, -0.05) is 38.5 Å². The molecule has 0 atom stereocenters. The third-order valence-corrected chi connectivity index (χ3v) is 7.14. The lowest BCUT2D eigenvalue weighted by Gasteiger charge is -2.50. The van der Waals surface area contributed by atoms with Gasteiger partial charge in [0.05, 0.1) is 12.9 Å². The summed E-state index contributed by atoms with van der Waals surface area (Å²) in [5.74, 6) is 0.265. The minimum absolute atomic E-state index is 0.150. The lowest BCUT2D eigenvalue weighted by Crippen LogP contribution is -2.62. The van der Waals surface area contributed by atoms with Crippen molar-refractivity contribution in [1.82, 2.24) is 14.7 Å². The molecule has 4 aliphatic rings. The Morgan fingerprint density at radius 2 is 2.09 bits per heavy atom. The van der Waals surface area contributed by atoms with E-state index in [9.17, 15) is 9.18 Å². The number of carbonyl (C=O) groups is 1. The van der Waals surface area contributed by atoms with Gasteiger partial charge in [-0.3, -0.25) is 14.8 Å². The number of urea groups is 1. The average molecular weight is 441 g/mol. The van der Waals surface area contributed by atoms with Crippen molar-refractivity contribution in [3.05, 3.63) is 47.0 Å². The van der Waals surface area contributed by atoms with Crippen LogP contribution in [0.2, 0.25) is 0 Å². The third-order valence-electron chi connectivity index (χ3n) is 7.14. The lowest BCUT2D eigenvalue weighted by molar-refractivity contribution is 0.0268. The Hall–Kier alpha value is -2.21. The van der Waals surface area contributed by atoms with Crippen LogP contribution in [0.4, 0.5) is 9.18 Å². The Balaban J connectivity index is 1.35. The molecule has 1 aliphatic carbocycles. The standard InChI is InChI=1S/C26H37FN4O/c1-4-7-23(27)15-28-19-29-13-11-26(16-29)17-30(18-26)25(32)31-12-6-9-22-14-21(20(2)3)8-5-10-24(22)31/h5,7,10,14-15,20H,4,6,8-9,11-13,16-19H2,1-3H3/b23-7+,28-15?. The molecule has 0 saturated carbocycles. The van der Waals surface area contributed by atoms with E-state index in [1.54, 1.807) is 0 Å².